The second-order valence-electron chi connectivity index (χ2n) is 8.30. The highest BCUT2D eigenvalue weighted by Crippen LogP contribution is 2.41. The summed E-state index contributed by atoms with van der Waals surface area (Å²) in [7, 11) is 0. The zero-order chi connectivity index (χ0) is 17.2. The van der Waals surface area contributed by atoms with Crippen LogP contribution in [0.5, 0.6) is 0 Å². The average Bonchev–Trinajstić information content (AvgIpc) is 2.82. The molecule has 0 amide bonds. The molecule has 0 radical (unpaired) electrons. The molecule has 0 bridgehead atoms. The first kappa shape index (κ1) is 16.2. The quantitative estimate of drug-likeness (QED) is 0.592. The minimum absolute atomic E-state index is 0.0704. The second-order valence-corrected chi connectivity index (χ2v) is 8.83. The zero-order valence-electron chi connectivity index (χ0n) is 15.2. The van der Waals surface area contributed by atoms with E-state index in [1.54, 1.807) is 0 Å². The molecule has 0 spiro atoms. The highest BCUT2D eigenvalue weighted by Gasteiger charge is 2.31. The largest absolute Gasteiger partial charge is 0.249 e. The van der Waals surface area contributed by atoms with Crippen LogP contribution < -0.4 is 0 Å². The van der Waals surface area contributed by atoms with Crippen LogP contribution >= 0.6 is 11.7 Å². The van der Waals surface area contributed by atoms with Gasteiger partial charge in [-0.05, 0) is 24.7 Å². The molecule has 5 heteroatoms. The Labute approximate surface area is 141 Å². The zero-order valence-corrected chi connectivity index (χ0v) is 16.0. The molecule has 0 saturated heterocycles. The maximum Gasteiger partial charge on any atom is 0.111 e. The molecule has 3 aromatic rings. The molecular weight excluding hydrogens is 304 g/mol. The van der Waals surface area contributed by atoms with Gasteiger partial charge in [-0.15, -0.1) is 0 Å². The molecule has 0 N–H and O–H groups in total. The Morgan fingerprint density at radius 1 is 0.609 bits per heavy atom. The van der Waals surface area contributed by atoms with Gasteiger partial charge in [-0.25, -0.2) is 9.97 Å². The van der Waals surface area contributed by atoms with E-state index in [0.717, 1.165) is 44.6 Å². The monoisotopic (exact) mass is 328 g/mol. The van der Waals surface area contributed by atoms with Crippen molar-refractivity contribution in [3.05, 3.63) is 22.5 Å². The first-order valence-corrected chi connectivity index (χ1v) is 8.69. The van der Waals surface area contributed by atoms with E-state index in [2.05, 4.69) is 50.3 Å². The van der Waals surface area contributed by atoms with Gasteiger partial charge in [0.2, 0.25) is 0 Å². The van der Waals surface area contributed by atoms with Crippen molar-refractivity contribution in [2.75, 3.05) is 0 Å². The fourth-order valence-corrected chi connectivity index (χ4v) is 3.67. The Morgan fingerprint density at radius 3 is 1.26 bits per heavy atom. The third-order valence-electron chi connectivity index (χ3n) is 4.24. The van der Waals surface area contributed by atoms with Crippen LogP contribution in [0, 0.1) is 13.8 Å². The van der Waals surface area contributed by atoms with Gasteiger partial charge in [0.1, 0.15) is 11.0 Å². The summed E-state index contributed by atoms with van der Waals surface area (Å²) in [5.74, 6) is 0. The van der Waals surface area contributed by atoms with Crippen LogP contribution in [0.15, 0.2) is 0 Å². The third-order valence-corrected chi connectivity index (χ3v) is 4.77. The number of hydrogen-bond donors (Lipinski definition) is 0. The standard InChI is InChI=1S/C18H24N4S/c1-9-10(2)20-14-12(18(6,7)8)16-15(21-23-22-16)11(13(14)19-9)17(3,4)5/h1-8H3. The van der Waals surface area contributed by atoms with Gasteiger partial charge in [0, 0.05) is 11.1 Å². The van der Waals surface area contributed by atoms with Gasteiger partial charge in [0.25, 0.3) is 0 Å². The van der Waals surface area contributed by atoms with Crippen LogP contribution in [-0.4, -0.2) is 18.7 Å². The molecule has 0 aliphatic rings. The number of fused-ring (bicyclic) bond motifs is 2. The lowest BCUT2D eigenvalue weighted by atomic mass is 9.79. The van der Waals surface area contributed by atoms with Crippen molar-refractivity contribution in [2.45, 2.75) is 66.2 Å². The summed E-state index contributed by atoms with van der Waals surface area (Å²) in [4.78, 5) is 9.84. The molecule has 0 aliphatic carbocycles. The Morgan fingerprint density at radius 2 is 0.957 bits per heavy atom. The van der Waals surface area contributed by atoms with Crippen LogP contribution in [0.1, 0.15) is 64.1 Å². The van der Waals surface area contributed by atoms with Gasteiger partial charge in [0.15, 0.2) is 0 Å². The molecule has 0 unspecified atom stereocenters. The lowest BCUT2D eigenvalue weighted by Crippen LogP contribution is -2.19. The first-order valence-electron chi connectivity index (χ1n) is 7.96. The van der Waals surface area contributed by atoms with Gasteiger partial charge in [-0.3, -0.25) is 0 Å². The van der Waals surface area contributed by atoms with Crippen molar-refractivity contribution >= 4 is 33.8 Å². The molecule has 122 valence electrons. The number of rotatable bonds is 0. The number of aryl methyl sites for hydroxylation is 2. The first-order chi connectivity index (χ1) is 10.5. The number of nitrogens with zero attached hydrogens (tertiary/aromatic N) is 4. The summed E-state index contributed by atoms with van der Waals surface area (Å²) in [6, 6.07) is 0. The Kier molecular flexibility index (Phi) is 3.49. The van der Waals surface area contributed by atoms with Crippen molar-refractivity contribution in [2.24, 2.45) is 0 Å². The highest BCUT2D eigenvalue weighted by molar-refractivity contribution is 7.00. The fourth-order valence-electron chi connectivity index (χ4n) is 3.11. The molecule has 2 heterocycles. The van der Waals surface area contributed by atoms with Crippen molar-refractivity contribution < 1.29 is 0 Å². The van der Waals surface area contributed by atoms with Gasteiger partial charge in [0.05, 0.1) is 34.1 Å². The van der Waals surface area contributed by atoms with E-state index in [1.165, 1.54) is 11.7 Å². The van der Waals surface area contributed by atoms with E-state index < -0.39 is 0 Å². The Balaban J connectivity index is 2.67. The van der Waals surface area contributed by atoms with Gasteiger partial charge in [-0.1, -0.05) is 41.5 Å². The molecule has 0 saturated carbocycles. The van der Waals surface area contributed by atoms with E-state index in [-0.39, 0.29) is 10.8 Å². The maximum atomic E-state index is 4.92. The summed E-state index contributed by atoms with van der Waals surface area (Å²) in [6.07, 6.45) is 0. The number of benzene rings is 1. The predicted octanol–water partition coefficient (Wildman–Crippen LogP) is 4.85. The molecular formula is C18H24N4S. The topological polar surface area (TPSA) is 51.6 Å². The van der Waals surface area contributed by atoms with E-state index in [0.29, 0.717) is 0 Å². The molecule has 0 fully saturated rings. The summed E-state index contributed by atoms with van der Waals surface area (Å²) in [5.41, 5.74) is 8.04. The summed E-state index contributed by atoms with van der Waals surface area (Å²) >= 11 is 1.28. The van der Waals surface area contributed by atoms with E-state index in [4.69, 9.17) is 9.97 Å². The molecule has 0 atom stereocenters. The fraction of sp³-hybridized carbons (Fsp3) is 0.556. The van der Waals surface area contributed by atoms with E-state index >= 15 is 0 Å². The number of hydrogen-bond acceptors (Lipinski definition) is 5. The van der Waals surface area contributed by atoms with Crippen molar-refractivity contribution in [1.82, 2.24) is 18.7 Å². The smallest absolute Gasteiger partial charge is 0.111 e. The van der Waals surface area contributed by atoms with Crippen LogP contribution in [-0.2, 0) is 10.8 Å². The summed E-state index contributed by atoms with van der Waals surface area (Å²) < 4.78 is 9.25. The summed E-state index contributed by atoms with van der Waals surface area (Å²) in [5, 5.41) is 0. The SMILES string of the molecule is Cc1nc2c(C(C)(C)C)c3nsnc3c(C(C)(C)C)c2nc1C. The molecule has 0 aliphatic heterocycles. The van der Waals surface area contributed by atoms with Crippen LogP contribution in [0.25, 0.3) is 22.1 Å². The average molecular weight is 328 g/mol. The normalized spacial score (nSPS) is 13.2. The number of aromatic nitrogens is 4. The molecule has 23 heavy (non-hydrogen) atoms. The maximum absolute atomic E-state index is 4.92. The minimum Gasteiger partial charge on any atom is -0.249 e. The van der Waals surface area contributed by atoms with E-state index in [9.17, 15) is 0 Å². The molecule has 4 nitrogen and oxygen atoms in total. The summed E-state index contributed by atoms with van der Waals surface area (Å²) in [6.45, 7) is 17.3. The predicted molar refractivity (Wildman–Crippen MR) is 97.4 cm³/mol. The lowest BCUT2D eigenvalue weighted by Gasteiger charge is -2.26. The van der Waals surface area contributed by atoms with Crippen molar-refractivity contribution in [1.29, 1.82) is 0 Å². The van der Waals surface area contributed by atoms with Gasteiger partial charge < -0.3 is 0 Å². The Hall–Kier alpha value is -1.62. The molecule has 1 aromatic carbocycles. The molecule has 2 aromatic heterocycles. The lowest BCUT2D eigenvalue weighted by molar-refractivity contribution is 0.589. The van der Waals surface area contributed by atoms with E-state index in [1.807, 2.05) is 13.8 Å². The highest BCUT2D eigenvalue weighted by atomic mass is 32.1. The molecule has 3 rings (SSSR count). The Bertz CT molecular complexity index is 837. The van der Waals surface area contributed by atoms with Crippen molar-refractivity contribution in [3.8, 4) is 0 Å². The third kappa shape index (κ3) is 2.51. The van der Waals surface area contributed by atoms with Gasteiger partial charge >= 0.3 is 0 Å². The second kappa shape index (κ2) is 4.94. The van der Waals surface area contributed by atoms with Crippen LogP contribution in [0.3, 0.4) is 0 Å². The van der Waals surface area contributed by atoms with Crippen LogP contribution in [0.2, 0.25) is 0 Å². The van der Waals surface area contributed by atoms with Crippen LogP contribution in [0.4, 0.5) is 0 Å². The minimum atomic E-state index is -0.0704. The van der Waals surface area contributed by atoms with Crippen molar-refractivity contribution in [3.63, 3.8) is 0 Å². The van der Waals surface area contributed by atoms with Gasteiger partial charge in [-0.2, -0.15) is 8.75 Å².